The monoisotopic (exact) mass is 378 g/mol. The second-order valence-corrected chi connectivity index (χ2v) is 7.69. The van der Waals surface area contributed by atoms with Crippen molar-refractivity contribution in [2.45, 2.75) is 135 Å². The van der Waals surface area contributed by atoms with Crippen LogP contribution in [0.4, 0.5) is 0 Å². The Kier molecular flexibility index (Phi) is 28.1. The van der Waals surface area contributed by atoms with Crippen molar-refractivity contribution < 1.29 is 9.53 Å². The summed E-state index contributed by atoms with van der Waals surface area (Å²) in [6, 6.07) is 0. The molecule has 0 unspecified atom stereocenters. The summed E-state index contributed by atoms with van der Waals surface area (Å²) in [7, 11) is 1.47. The molecule has 0 aliphatic heterocycles. The first-order valence-corrected chi connectivity index (χ1v) is 11.4. The molecule has 3 heteroatoms. The molecule has 0 N–H and O–H groups in total. The zero-order valence-corrected chi connectivity index (χ0v) is 17.5. The molecule has 0 aromatic rings. The molecule has 0 rings (SSSR count). The molecule has 0 saturated heterocycles. The second kappa shape index (κ2) is 25.5. The number of carbonyl (C=O) groups excluding carboxylic acids is 1. The molecule has 0 aliphatic rings. The third-order valence-corrected chi connectivity index (χ3v) is 5.21. The number of methoxy groups -OCH3 is 1. The van der Waals surface area contributed by atoms with E-state index in [0.717, 1.165) is 6.42 Å². The third-order valence-electron chi connectivity index (χ3n) is 5.21. The van der Waals surface area contributed by atoms with Crippen LogP contribution in [0, 0.1) is 0 Å². The first-order chi connectivity index (χ1) is 12.3. The van der Waals surface area contributed by atoms with Crippen LogP contribution in [-0.4, -0.2) is 42.6 Å². The minimum absolute atomic E-state index is 0. The van der Waals surface area contributed by atoms with Crippen LogP contribution in [0.25, 0.3) is 0 Å². The fourth-order valence-corrected chi connectivity index (χ4v) is 3.45. The summed E-state index contributed by atoms with van der Waals surface area (Å²) in [4.78, 5) is 11.0. The van der Waals surface area contributed by atoms with E-state index in [1.807, 2.05) is 0 Å². The third kappa shape index (κ3) is 24.5. The van der Waals surface area contributed by atoms with E-state index in [9.17, 15) is 4.79 Å². The average Bonchev–Trinajstić information content (AvgIpc) is 2.63. The maximum absolute atomic E-state index is 11.0. The van der Waals surface area contributed by atoms with Gasteiger partial charge >= 0.3 is 35.5 Å². The molecule has 0 fully saturated rings. The first kappa shape index (κ1) is 28.7. The standard InChI is InChI=1S/C23H46O2.Na.H/c1-3-4-5-6-7-8-9-10-11-12-13-14-15-16-17-18-19-20-21-22-23(24)25-2;;/h3-22H2,1-2H3;;. The van der Waals surface area contributed by atoms with Gasteiger partial charge in [0.15, 0.2) is 0 Å². The van der Waals surface area contributed by atoms with E-state index in [1.54, 1.807) is 0 Å². The molecule has 0 heterocycles. The van der Waals surface area contributed by atoms with Gasteiger partial charge in [-0.15, -0.1) is 0 Å². The van der Waals surface area contributed by atoms with Crippen molar-refractivity contribution in [3.05, 3.63) is 0 Å². The van der Waals surface area contributed by atoms with Gasteiger partial charge in [0.2, 0.25) is 0 Å². The van der Waals surface area contributed by atoms with Crippen LogP contribution in [0.5, 0.6) is 0 Å². The van der Waals surface area contributed by atoms with Crippen molar-refractivity contribution in [1.29, 1.82) is 0 Å². The number of esters is 1. The molecule has 152 valence electrons. The van der Waals surface area contributed by atoms with E-state index >= 15 is 0 Å². The van der Waals surface area contributed by atoms with Crippen LogP contribution in [0.15, 0.2) is 0 Å². The molecular formula is C23H47NaO2. The van der Waals surface area contributed by atoms with Crippen molar-refractivity contribution in [3.63, 3.8) is 0 Å². The van der Waals surface area contributed by atoms with Crippen molar-refractivity contribution in [2.24, 2.45) is 0 Å². The van der Waals surface area contributed by atoms with Gasteiger partial charge in [-0.25, -0.2) is 0 Å². The predicted octanol–water partition coefficient (Wildman–Crippen LogP) is 7.33. The minimum atomic E-state index is -0.0630. The van der Waals surface area contributed by atoms with E-state index < -0.39 is 0 Å². The molecule has 0 spiro atoms. The molecule has 0 amide bonds. The Bertz CT molecular complexity index is 269. The second-order valence-electron chi connectivity index (χ2n) is 7.69. The van der Waals surface area contributed by atoms with E-state index in [-0.39, 0.29) is 35.5 Å². The molecule has 0 atom stereocenters. The van der Waals surface area contributed by atoms with Crippen LogP contribution in [-0.2, 0) is 9.53 Å². The number of rotatable bonds is 20. The quantitative estimate of drug-likeness (QED) is 0.126. The summed E-state index contributed by atoms with van der Waals surface area (Å²) < 4.78 is 4.65. The molecule has 2 nitrogen and oxygen atoms in total. The van der Waals surface area contributed by atoms with Gasteiger partial charge in [0, 0.05) is 6.42 Å². The van der Waals surface area contributed by atoms with Crippen LogP contribution in [0.1, 0.15) is 135 Å². The van der Waals surface area contributed by atoms with Gasteiger partial charge in [-0.2, -0.15) is 0 Å². The fraction of sp³-hybridized carbons (Fsp3) is 0.957. The predicted molar refractivity (Wildman–Crippen MR) is 117 cm³/mol. The average molecular weight is 379 g/mol. The van der Waals surface area contributed by atoms with Gasteiger partial charge in [0.05, 0.1) is 7.11 Å². The van der Waals surface area contributed by atoms with Crippen LogP contribution in [0.2, 0.25) is 0 Å². The molecular weight excluding hydrogens is 331 g/mol. The number of ether oxygens (including phenoxy) is 1. The van der Waals surface area contributed by atoms with E-state index in [1.165, 1.54) is 123 Å². The summed E-state index contributed by atoms with van der Waals surface area (Å²) in [5.41, 5.74) is 0. The number of unbranched alkanes of at least 4 members (excludes halogenated alkanes) is 18. The Morgan fingerprint density at radius 2 is 0.808 bits per heavy atom. The Labute approximate surface area is 186 Å². The van der Waals surface area contributed by atoms with Gasteiger partial charge in [0.1, 0.15) is 0 Å². The van der Waals surface area contributed by atoms with Crippen LogP contribution >= 0.6 is 0 Å². The molecule has 0 bridgehead atoms. The van der Waals surface area contributed by atoms with Gasteiger partial charge in [-0.3, -0.25) is 4.79 Å². The van der Waals surface area contributed by atoms with Crippen molar-refractivity contribution >= 4 is 35.5 Å². The SMILES string of the molecule is CCCCCCCCCCCCCCCCCCCCCC(=O)OC.[NaH]. The molecule has 0 aromatic carbocycles. The number of hydrogen-bond acceptors (Lipinski definition) is 2. The zero-order valence-electron chi connectivity index (χ0n) is 17.5. The molecule has 0 aromatic heterocycles. The normalized spacial score (nSPS) is 10.5. The Morgan fingerprint density at radius 3 is 1.08 bits per heavy atom. The van der Waals surface area contributed by atoms with E-state index in [0.29, 0.717) is 6.42 Å². The maximum atomic E-state index is 11.0. The van der Waals surface area contributed by atoms with Gasteiger partial charge < -0.3 is 4.74 Å². The van der Waals surface area contributed by atoms with Crippen molar-refractivity contribution in [1.82, 2.24) is 0 Å². The first-order valence-electron chi connectivity index (χ1n) is 11.4. The summed E-state index contributed by atoms with van der Waals surface area (Å²) in [5.74, 6) is -0.0630. The van der Waals surface area contributed by atoms with Crippen molar-refractivity contribution in [3.8, 4) is 0 Å². The number of carbonyl (C=O) groups is 1. The Balaban J connectivity index is 0. The van der Waals surface area contributed by atoms with Crippen molar-refractivity contribution in [2.75, 3.05) is 7.11 Å². The fourth-order valence-electron chi connectivity index (χ4n) is 3.45. The molecule has 26 heavy (non-hydrogen) atoms. The Hall–Kier alpha value is 0.470. The van der Waals surface area contributed by atoms with Gasteiger partial charge in [0.25, 0.3) is 0 Å². The summed E-state index contributed by atoms with van der Waals surface area (Å²) >= 11 is 0. The molecule has 0 saturated carbocycles. The van der Waals surface area contributed by atoms with Crippen LogP contribution < -0.4 is 0 Å². The van der Waals surface area contributed by atoms with E-state index in [2.05, 4.69) is 11.7 Å². The summed E-state index contributed by atoms with van der Waals surface area (Å²) in [6.45, 7) is 2.29. The zero-order chi connectivity index (χ0) is 18.4. The number of hydrogen-bond donors (Lipinski definition) is 0. The molecule has 0 radical (unpaired) electrons. The summed E-state index contributed by atoms with van der Waals surface area (Å²) in [5, 5.41) is 0. The van der Waals surface area contributed by atoms with E-state index in [4.69, 9.17) is 0 Å². The Morgan fingerprint density at radius 1 is 0.538 bits per heavy atom. The van der Waals surface area contributed by atoms with Gasteiger partial charge in [-0.05, 0) is 6.42 Å². The topological polar surface area (TPSA) is 26.3 Å². The van der Waals surface area contributed by atoms with Gasteiger partial charge in [-0.1, -0.05) is 122 Å². The summed E-state index contributed by atoms with van der Waals surface area (Å²) in [6.07, 6.45) is 26.9. The van der Waals surface area contributed by atoms with Crippen LogP contribution in [0.3, 0.4) is 0 Å². The molecule has 0 aliphatic carbocycles.